The summed E-state index contributed by atoms with van der Waals surface area (Å²) in [7, 11) is 0. The van der Waals surface area contributed by atoms with Crippen molar-refractivity contribution in [2.45, 2.75) is 13.0 Å². The molecular formula is C18H15BrFNO4. The lowest BCUT2D eigenvalue weighted by atomic mass is 10.2. The first-order valence-electron chi connectivity index (χ1n) is 7.66. The fourth-order valence-corrected chi connectivity index (χ4v) is 2.80. The molecule has 0 unspecified atom stereocenters. The first-order valence-corrected chi connectivity index (χ1v) is 8.45. The van der Waals surface area contributed by atoms with Gasteiger partial charge in [-0.25, -0.2) is 4.39 Å². The molecule has 7 heteroatoms. The lowest BCUT2D eigenvalue weighted by Crippen LogP contribution is -2.36. The Bertz CT molecular complexity index is 811. The lowest BCUT2D eigenvalue weighted by Gasteiger charge is -2.20. The number of nitrogens with zero attached hydrogens (tertiary/aromatic N) is 1. The van der Waals surface area contributed by atoms with Crippen molar-refractivity contribution in [3.63, 3.8) is 0 Å². The second-order valence-corrected chi connectivity index (χ2v) is 6.36. The summed E-state index contributed by atoms with van der Waals surface area (Å²) in [6.45, 7) is -0.193. The molecule has 0 saturated carbocycles. The minimum Gasteiger partial charge on any atom is -0.491 e. The fraction of sp³-hybridized carbons (Fsp3) is 0.222. The van der Waals surface area contributed by atoms with Gasteiger partial charge in [-0.15, -0.1) is 0 Å². The SMILES string of the molecule is O=C(CN1C(=O)CCOc2ccccc21)OCc1ccc(Br)cc1F. The molecule has 0 aliphatic carbocycles. The van der Waals surface area contributed by atoms with Crippen LogP contribution >= 0.6 is 15.9 Å². The van der Waals surface area contributed by atoms with E-state index in [2.05, 4.69) is 15.9 Å². The Kier molecular flexibility index (Phi) is 5.33. The van der Waals surface area contributed by atoms with E-state index >= 15 is 0 Å². The van der Waals surface area contributed by atoms with Gasteiger partial charge in [0.1, 0.15) is 24.7 Å². The highest BCUT2D eigenvalue weighted by molar-refractivity contribution is 9.10. The molecule has 0 bridgehead atoms. The lowest BCUT2D eigenvalue weighted by molar-refractivity contribution is -0.144. The number of esters is 1. The van der Waals surface area contributed by atoms with Gasteiger partial charge in [-0.3, -0.25) is 14.5 Å². The minimum absolute atomic E-state index is 0.170. The van der Waals surface area contributed by atoms with Crippen molar-refractivity contribution in [1.29, 1.82) is 0 Å². The summed E-state index contributed by atoms with van der Waals surface area (Å²) >= 11 is 3.17. The number of amides is 1. The number of rotatable bonds is 4. The summed E-state index contributed by atoms with van der Waals surface area (Å²) < 4.78 is 25.0. The molecule has 0 N–H and O–H groups in total. The topological polar surface area (TPSA) is 55.8 Å². The van der Waals surface area contributed by atoms with E-state index < -0.39 is 11.8 Å². The molecule has 0 atom stereocenters. The number of carbonyl (C=O) groups is 2. The molecule has 1 aliphatic heterocycles. The molecule has 5 nitrogen and oxygen atoms in total. The third kappa shape index (κ3) is 4.17. The van der Waals surface area contributed by atoms with Gasteiger partial charge in [0, 0.05) is 10.0 Å². The Balaban J connectivity index is 1.68. The molecule has 1 aliphatic rings. The summed E-state index contributed by atoms with van der Waals surface area (Å²) in [6.07, 6.45) is 0.170. The number of hydrogen-bond acceptors (Lipinski definition) is 4. The van der Waals surface area contributed by atoms with Gasteiger partial charge in [0.25, 0.3) is 0 Å². The molecule has 1 heterocycles. The summed E-state index contributed by atoms with van der Waals surface area (Å²) in [5, 5.41) is 0. The Morgan fingerprint density at radius 2 is 2.08 bits per heavy atom. The van der Waals surface area contributed by atoms with Gasteiger partial charge in [0.2, 0.25) is 5.91 Å². The predicted molar refractivity (Wildman–Crippen MR) is 92.8 cm³/mol. The summed E-state index contributed by atoms with van der Waals surface area (Å²) in [4.78, 5) is 25.7. The van der Waals surface area contributed by atoms with Crippen molar-refractivity contribution in [3.05, 3.63) is 58.3 Å². The van der Waals surface area contributed by atoms with E-state index in [1.807, 2.05) is 0 Å². The molecule has 2 aromatic rings. The van der Waals surface area contributed by atoms with E-state index in [1.165, 1.54) is 17.0 Å². The first-order chi connectivity index (χ1) is 12.0. The van der Waals surface area contributed by atoms with Crippen LogP contribution in [0.3, 0.4) is 0 Å². The number of benzene rings is 2. The summed E-state index contributed by atoms with van der Waals surface area (Å²) in [5.74, 6) is -0.768. The molecule has 0 saturated heterocycles. The molecule has 25 heavy (non-hydrogen) atoms. The number of hydrogen-bond donors (Lipinski definition) is 0. The van der Waals surface area contributed by atoms with Gasteiger partial charge < -0.3 is 9.47 Å². The molecule has 0 fully saturated rings. The second kappa shape index (κ2) is 7.65. The van der Waals surface area contributed by atoms with Crippen LogP contribution in [0.2, 0.25) is 0 Å². The zero-order chi connectivity index (χ0) is 17.8. The molecular weight excluding hydrogens is 393 g/mol. The van der Waals surface area contributed by atoms with Crippen LogP contribution < -0.4 is 9.64 Å². The van der Waals surface area contributed by atoms with Gasteiger partial charge in [-0.2, -0.15) is 0 Å². The van der Waals surface area contributed by atoms with Crippen LogP contribution in [-0.4, -0.2) is 25.0 Å². The standard InChI is InChI=1S/C18H15BrFNO4/c19-13-6-5-12(14(20)9-13)11-25-18(23)10-21-15-3-1-2-4-16(15)24-8-7-17(21)22/h1-6,9H,7-8,10-11H2. The minimum atomic E-state index is -0.618. The maximum atomic E-state index is 13.8. The van der Waals surface area contributed by atoms with Crippen molar-refractivity contribution in [2.75, 3.05) is 18.1 Å². The average Bonchev–Trinajstić information content (AvgIpc) is 2.74. The molecule has 0 radical (unpaired) electrons. The number of fused-ring (bicyclic) bond motifs is 1. The molecule has 130 valence electrons. The van der Waals surface area contributed by atoms with E-state index in [9.17, 15) is 14.0 Å². The van der Waals surface area contributed by atoms with E-state index in [4.69, 9.17) is 9.47 Å². The van der Waals surface area contributed by atoms with Gasteiger partial charge in [-0.05, 0) is 24.3 Å². The molecule has 3 rings (SSSR count). The fourth-order valence-electron chi connectivity index (χ4n) is 2.46. The number of anilines is 1. The van der Waals surface area contributed by atoms with Crippen molar-refractivity contribution >= 4 is 33.5 Å². The largest absolute Gasteiger partial charge is 0.491 e. The Hall–Kier alpha value is -2.41. The Morgan fingerprint density at radius 1 is 1.28 bits per heavy atom. The van der Waals surface area contributed by atoms with E-state index in [1.54, 1.807) is 30.3 Å². The monoisotopic (exact) mass is 407 g/mol. The zero-order valence-corrected chi connectivity index (χ0v) is 14.8. The Morgan fingerprint density at radius 3 is 2.88 bits per heavy atom. The average molecular weight is 408 g/mol. The highest BCUT2D eigenvalue weighted by atomic mass is 79.9. The number of halogens is 2. The van der Waals surface area contributed by atoms with Crippen molar-refractivity contribution in [3.8, 4) is 5.75 Å². The molecule has 1 amide bonds. The van der Waals surface area contributed by atoms with E-state index in [0.717, 1.165) is 0 Å². The summed E-state index contributed by atoms with van der Waals surface area (Å²) in [5.41, 5.74) is 0.791. The predicted octanol–water partition coefficient (Wildman–Crippen LogP) is 3.45. The number of ether oxygens (including phenoxy) is 2. The third-order valence-electron chi connectivity index (χ3n) is 3.72. The van der Waals surface area contributed by atoms with E-state index in [-0.39, 0.29) is 37.6 Å². The highest BCUT2D eigenvalue weighted by Gasteiger charge is 2.25. The quantitative estimate of drug-likeness (QED) is 0.728. The first kappa shape index (κ1) is 17.4. The summed E-state index contributed by atoms with van der Waals surface area (Å²) in [6, 6.07) is 11.5. The number of para-hydroxylation sites is 2. The van der Waals surface area contributed by atoms with Gasteiger partial charge >= 0.3 is 5.97 Å². The van der Waals surface area contributed by atoms with Crippen LogP contribution in [0.25, 0.3) is 0 Å². The van der Waals surface area contributed by atoms with Crippen LogP contribution in [0.1, 0.15) is 12.0 Å². The number of carbonyl (C=O) groups excluding carboxylic acids is 2. The van der Waals surface area contributed by atoms with Gasteiger partial charge in [0.05, 0.1) is 18.7 Å². The van der Waals surface area contributed by atoms with Crippen LogP contribution in [0.5, 0.6) is 5.75 Å². The van der Waals surface area contributed by atoms with Crippen LogP contribution in [0.15, 0.2) is 46.9 Å². The smallest absolute Gasteiger partial charge is 0.326 e. The van der Waals surface area contributed by atoms with Crippen LogP contribution in [-0.2, 0) is 20.9 Å². The van der Waals surface area contributed by atoms with Crippen molar-refractivity contribution in [2.24, 2.45) is 0 Å². The maximum Gasteiger partial charge on any atom is 0.326 e. The zero-order valence-electron chi connectivity index (χ0n) is 13.2. The Labute approximate surface area is 152 Å². The third-order valence-corrected chi connectivity index (χ3v) is 4.21. The van der Waals surface area contributed by atoms with Gasteiger partial charge in [0.15, 0.2) is 0 Å². The molecule has 0 aromatic heterocycles. The maximum absolute atomic E-state index is 13.8. The van der Waals surface area contributed by atoms with Crippen molar-refractivity contribution < 1.29 is 23.5 Å². The van der Waals surface area contributed by atoms with Crippen LogP contribution in [0, 0.1) is 5.82 Å². The van der Waals surface area contributed by atoms with E-state index in [0.29, 0.717) is 15.9 Å². The van der Waals surface area contributed by atoms with Crippen LogP contribution in [0.4, 0.5) is 10.1 Å². The molecule has 0 spiro atoms. The molecule has 2 aromatic carbocycles. The van der Waals surface area contributed by atoms with Gasteiger partial charge in [-0.1, -0.05) is 34.1 Å². The normalized spacial score (nSPS) is 13.7. The second-order valence-electron chi connectivity index (χ2n) is 5.44. The highest BCUT2D eigenvalue weighted by Crippen LogP contribution is 2.30. The van der Waals surface area contributed by atoms with Crippen molar-refractivity contribution in [1.82, 2.24) is 0 Å².